The van der Waals surface area contributed by atoms with Gasteiger partial charge in [0.2, 0.25) is 0 Å². The van der Waals surface area contributed by atoms with Gasteiger partial charge in [-0.25, -0.2) is 0 Å². The van der Waals surface area contributed by atoms with Gasteiger partial charge in [0.1, 0.15) is 5.75 Å². The number of guanidine groups is 1. The number of rotatable bonds is 8. The molecule has 0 aromatic heterocycles. The number of benzene rings is 1. The zero-order chi connectivity index (χ0) is 14.6. The van der Waals surface area contributed by atoms with E-state index in [2.05, 4.69) is 21.7 Å². The number of nitrogens with one attached hydrogen (secondary N) is 2. The fraction of sp³-hybridized carbons (Fsp3) is 0.533. The zero-order valence-corrected chi connectivity index (χ0v) is 12.6. The summed E-state index contributed by atoms with van der Waals surface area (Å²) in [5, 5.41) is 6.48. The van der Waals surface area contributed by atoms with Crippen LogP contribution in [0.25, 0.3) is 0 Å². The van der Waals surface area contributed by atoms with E-state index in [4.69, 9.17) is 9.47 Å². The maximum atomic E-state index is 5.33. The van der Waals surface area contributed by atoms with Gasteiger partial charge in [-0.15, -0.1) is 0 Å². The molecule has 0 aliphatic carbocycles. The van der Waals surface area contributed by atoms with Crippen molar-refractivity contribution in [2.75, 3.05) is 40.5 Å². The van der Waals surface area contributed by atoms with E-state index in [0.29, 0.717) is 6.61 Å². The minimum absolute atomic E-state index is 0.684. The first-order valence-electron chi connectivity index (χ1n) is 6.96. The molecule has 0 atom stereocenters. The van der Waals surface area contributed by atoms with Crippen molar-refractivity contribution in [1.82, 2.24) is 10.6 Å². The summed E-state index contributed by atoms with van der Waals surface area (Å²) in [6.45, 7) is 4.96. The van der Waals surface area contributed by atoms with Crippen LogP contribution in [0.15, 0.2) is 29.3 Å². The Labute approximate surface area is 121 Å². The normalized spacial score (nSPS) is 11.2. The Hall–Kier alpha value is -1.75. The molecule has 112 valence electrons. The molecule has 0 spiro atoms. The van der Waals surface area contributed by atoms with E-state index in [9.17, 15) is 0 Å². The van der Waals surface area contributed by atoms with E-state index in [0.717, 1.165) is 37.8 Å². The molecular formula is C15H25N3O2. The van der Waals surface area contributed by atoms with Crippen LogP contribution in [0.2, 0.25) is 0 Å². The number of nitrogens with zero attached hydrogens (tertiary/aromatic N) is 1. The minimum Gasteiger partial charge on any atom is -0.496 e. The van der Waals surface area contributed by atoms with Gasteiger partial charge >= 0.3 is 0 Å². The Morgan fingerprint density at radius 3 is 2.65 bits per heavy atom. The van der Waals surface area contributed by atoms with Gasteiger partial charge in [0.25, 0.3) is 0 Å². The molecule has 1 rings (SSSR count). The highest BCUT2D eigenvalue weighted by atomic mass is 16.5. The molecule has 0 amide bonds. The van der Waals surface area contributed by atoms with Gasteiger partial charge in [0.05, 0.1) is 13.7 Å². The minimum atomic E-state index is 0.684. The molecule has 0 fully saturated rings. The van der Waals surface area contributed by atoms with Gasteiger partial charge in [-0.2, -0.15) is 0 Å². The Bertz CT molecular complexity index is 408. The summed E-state index contributed by atoms with van der Waals surface area (Å²) in [6.07, 6.45) is 0.885. The quantitative estimate of drug-likeness (QED) is 0.429. The van der Waals surface area contributed by atoms with Gasteiger partial charge in [-0.05, 0) is 25.0 Å². The van der Waals surface area contributed by atoms with E-state index in [-0.39, 0.29) is 0 Å². The van der Waals surface area contributed by atoms with E-state index < -0.39 is 0 Å². The number of hydrogen-bond donors (Lipinski definition) is 2. The lowest BCUT2D eigenvalue weighted by atomic mass is 10.1. The molecule has 0 saturated carbocycles. The molecule has 0 unspecified atom stereocenters. The largest absolute Gasteiger partial charge is 0.496 e. The van der Waals surface area contributed by atoms with Gasteiger partial charge in [0.15, 0.2) is 5.96 Å². The second kappa shape index (κ2) is 10.1. The molecule has 1 aromatic carbocycles. The first kappa shape index (κ1) is 16.3. The van der Waals surface area contributed by atoms with Crippen molar-refractivity contribution in [1.29, 1.82) is 0 Å². The molecule has 0 aliphatic heterocycles. The maximum absolute atomic E-state index is 5.33. The summed E-state index contributed by atoms with van der Waals surface area (Å²) in [5.41, 5.74) is 1.19. The average molecular weight is 279 g/mol. The molecule has 2 N–H and O–H groups in total. The fourth-order valence-corrected chi connectivity index (χ4v) is 1.83. The van der Waals surface area contributed by atoms with Gasteiger partial charge < -0.3 is 20.1 Å². The van der Waals surface area contributed by atoms with E-state index >= 15 is 0 Å². The predicted molar refractivity (Wildman–Crippen MR) is 82.6 cm³/mol. The Morgan fingerprint density at radius 2 is 1.95 bits per heavy atom. The fourth-order valence-electron chi connectivity index (χ4n) is 1.83. The number of aliphatic imine (C=N–C) groups is 1. The van der Waals surface area contributed by atoms with Crippen LogP contribution < -0.4 is 15.4 Å². The van der Waals surface area contributed by atoms with Crippen LogP contribution >= 0.6 is 0 Å². The third-order valence-electron chi connectivity index (χ3n) is 2.85. The summed E-state index contributed by atoms with van der Waals surface area (Å²) in [7, 11) is 3.46. The summed E-state index contributed by atoms with van der Waals surface area (Å²) >= 11 is 0. The Balaban J connectivity index is 2.31. The van der Waals surface area contributed by atoms with Crippen molar-refractivity contribution in [3.63, 3.8) is 0 Å². The van der Waals surface area contributed by atoms with Crippen LogP contribution in [0, 0.1) is 0 Å². The average Bonchev–Trinajstić information content (AvgIpc) is 2.50. The molecule has 0 bridgehead atoms. The van der Waals surface area contributed by atoms with Crippen LogP contribution in [-0.4, -0.2) is 46.4 Å². The van der Waals surface area contributed by atoms with Crippen molar-refractivity contribution < 1.29 is 9.47 Å². The number of hydrogen-bond acceptors (Lipinski definition) is 3. The first-order chi connectivity index (χ1) is 9.81. The van der Waals surface area contributed by atoms with Crippen LogP contribution in [0.4, 0.5) is 0 Å². The molecule has 20 heavy (non-hydrogen) atoms. The molecule has 0 saturated heterocycles. The standard InChI is InChI=1S/C15H25N3O2/c1-4-20-12-11-18-15(16-2)17-10-9-13-7-5-6-8-14(13)19-3/h5-8H,4,9-12H2,1-3H3,(H2,16,17,18). The van der Waals surface area contributed by atoms with Crippen LogP contribution in [-0.2, 0) is 11.2 Å². The van der Waals surface area contributed by atoms with Crippen molar-refractivity contribution in [2.45, 2.75) is 13.3 Å². The lowest BCUT2D eigenvalue weighted by Crippen LogP contribution is -2.39. The van der Waals surface area contributed by atoms with Crippen molar-refractivity contribution in [2.24, 2.45) is 4.99 Å². The zero-order valence-electron chi connectivity index (χ0n) is 12.6. The number of para-hydroxylation sites is 1. The molecule has 5 nitrogen and oxygen atoms in total. The third kappa shape index (κ3) is 5.93. The van der Waals surface area contributed by atoms with Crippen molar-refractivity contribution in [3.8, 4) is 5.75 Å². The van der Waals surface area contributed by atoms with Crippen molar-refractivity contribution in [3.05, 3.63) is 29.8 Å². The highest BCUT2D eigenvalue weighted by Gasteiger charge is 2.02. The number of methoxy groups -OCH3 is 1. The summed E-state index contributed by atoms with van der Waals surface area (Å²) in [5.74, 6) is 1.72. The SMILES string of the molecule is CCOCCNC(=NC)NCCc1ccccc1OC. The smallest absolute Gasteiger partial charge is 0.191 e. The summed E-state index contributed by atoms with van der Waals surface area (Å²) < 4.78 is 10.6. The van der Waals surface area contributed by atoms with Gasteiger partial charge in [0, 0.05) is 26.7 Å². The lowest BCUT2D eigenvalue weighted by Gasteiger charge is -2.13. The van der Waals surface area contributed by atoms with E-state index in [1.54, 1.807) is 14.2 Å². The predicted octanol–water partition coefficient (Wildman–Crippen LogP) is 1.44. The molecule has 0 heterocycles. The van der Waals surface area contributed by atoms with Crippen molar-refractivity contribution >= 4 is 5.96 Å². The third-order valence-corrected chi connectivity index (χ3v) is 2.85. The maximum Gasteiger partial charge on any atom is 0.191 e. The second-order valence-corrected chi connectivity index (χ2v) is 4.18. The molecule has 0 radical (unpaired) electrons. The molecule has 5 heteroatoms. The molecule has 1 aromatic rings. The summed E-state index contributed by atoms with van der Waals surface area (Å²) in [6, 6.07) is 8.05. The van der Waals surface area contributed by atoms with Gasteiger partial charge in [-0.3, -0.25) is 4.99 Å². The van der Waals surface area contributed by atoms with Crippen LogP contribution in [0.1, 0.15) is 12.5 Å². The molecular weight excluding hydrogens is 254 g/mol. The molecule has 0 aliphatic rings. The summed E-state index contributed by atoms with van der Waals surface area (Å²) in [4.78, 5) is 4.17. The van der Waals surface area contributed by atoms with E-state index in [1.165, 1.54) is 5.56 Å². The topological polar surface area (TPSA) is 54.9 Å². The first-order valence-corrected chi connectivity index (χ1v) is 6.96. The Kier molecular flexibility index (Phi) is 8.22. The van der Waals surface area contributed by atoms with Gasteiger partial charge in [-0.1, -0.05) is 18.2 Å². The van der Waals surface area contributed by atoms with Crippen LogP contribution in [0.5, 0.6) is 5.75 Å². The highest BCUT2D eigenvalue weighted by Crippen LogP contribution is 2.17. The second-order valence-electron chi connectivity index (χ2n) is 4.18. The van der Waals surface area contributed by atoms with E-state index in [1.807, 2.05) is 25.1 Å². The monoisotopic (exact) mass is 279 g/mol. The Morgan fingerprint density at radius 1 is 1.20 bits per heavy atom. The lowest BCUT2D eigenvalue weighted by molar-refractivity contribution is 0.152. The van der Waals surface area contributed by atoms with Crippen LogP contribution in [0.3, 0.4) is 0 Å². The number of ether oxygens (including phenoxy) is 2. The highest BCUT2D eigenvalue weighted by molar-refractivity contribution is 5.79.